The van der Waals surface area contributed by atoms with Crippen LogP contribution in [0.3, 0.4) is 0 Å². The summed E-state index contributed by atoms with van der Waals surface area (Å²) in [6.45, 7) is 2.10. The summed E-state index contributed by atoms with van der Waals surface area (Å²) in [5, 5.41) is 5.48. The lowest BCUT2D eigenvalue weighted by Gasteiger charge is -2.08. The molecule has 2 nitrogen and oxygen atoms in total. The molecule has 0 radical (unpaired) electrons. The molecule has 0 bridgehead atoms. The van der Waals surface area contributed by atoms with Gasteiger partial charge in [0.15, 0.2) is 0 Å². The van der Waals surface area contributed by atoms with E-state index in [4.69, 9.17) is 23.2 Å². The van der Waals surface area contributed by atoms with E-state index in [1.807, 2.05) is 25.4 Å². The van der Waals surface area contributed by atoms with E-state index in [0.29, 0.717) is 10.0 Å². The Bertz CT molecular complexity index is 491. The first-order valence-corrected chi connectivity index (χ1v) is 5.53. The smallest absolute Gasteiger partial charge is 0.0833 e. The Morgan fingerprint density at radius 3 is 2.73 bits per heavy atom. The van der Waals surface area contributed by atoms with Crippen LogP contribution in [0.15, 0.2) is 18.3 Å². The topological polar surface area (TPSA) is 27.8 Å². The van der Waals surface area contributed by atoms with E-state index in [0.717, 1.165) is 10.9 Å². The van der Waals surface area contributed by atoms with E-state index in [-0.39, 0.29) is 6.04 Å². The summed E-state index contributed by atoms with van der Waals surface area (Å²) in [6, 6.07) is 4.10. The molecule has 0 aliphatic rings. The second-order valence-electron chi connectivity index (χ2n) is 3.54. The Morgan fingerprint density at radius 1 is 1.33 bits per heavy atom. The quantitative estimate of drug-likeness (QED) is 0.825. The number of halogens is 2. The largest absolute Gasteiger partial charge is 0.360 e. The summed E-state index contributed by atoms with van der Waals surface area (Å²) >= 11 is 12.0. The first-order valence-electron chi connectivity index (χ1n) is 4.77. The number of rotatable bonds is 2. The van der Waals surface area contributed by atoms with Crippen molar-refractivity contribution in [1.29, 1.82) is 0 Å². The van der Waals surface area contributed by atoms with Crippen LogP contribution in [0.5, 0.6) is 0 Å². The minimum atomic E-state index is 0.288. The molecule has 80 valence electrons. The van der Waals surface area contributed by atoms with Crippen molar-refractivity contribution < 1.29 is 0 Å². The van der Waals surface area contributed by atoms with Crippen molar-refractivity contribution >= 4 is 34.1 Å². The van der Waals surface area contributed by atoms with Crippen LogP contribution in [0.1, 0.15) is 18.5 Å². The third kappa shape index (κ3) is 1.73. The summed E-state index contributed by atoms with van der Waals surface area (Å²) in [7, 11) is 1.93. The number of fused-ring (bicyclic) bond motifs is 1. The predicted octanol–water partition coefficient (Wildman–Crippen LogP) is 3.76. The Balaban J connectivity index is 2.67. The summed E-state index contributed by atoms with van der Waals surface area (Å²) in [6.07, 6.45) is 1.97. The molecule has 0 amide bonds. The number of hydrogen-bond acceptors (Lipinski definition) is 1. The zero-order valence-electron chi connectivity index (χ0n) is 8.57. The Hall–Kier alpha value is -0.700. The van der Waals surface area contributed by atoms with Gasteiger partial charge in [-0.1, -0.05) is 29.3 Å². The summed E-state index contributed by atoms with van der Waals surface area (Å²) < 4.78 is 0. The van der Waals surface area contributed by atoms with Crippen LogP contribution in [0.4, 0.5) is 0 Å². The molecule has 0 spiro atoms. The summed E-state index contributed by atoms with van der Waals surface area (Å²) in [4.78, 5) is 3.16. The monoisotopic (exact) mass is 242 g/mol. The summed E-state index contributed by atoms with van der Waals surface area (Å²) in [5.41, 5.74) is 2.10. The standard InChI is InChI=1S/C11H12Cl2N2/c1-6(14-2)8-5-15-11-7(8)3-4-9(12)10(11)13/h3-6,14-15H,1-2H3. The molecule has 0 fully saturated rings. The van der Waals surface area contributed by atoms with Crippen molar-refractivity contribution in [3.05, 3.63) is 33.9 Å². The lowest BCUT2D eigenvalue weighted by Crippen LogP contribution is -2.11. The lowest BCUT2D eigenvalue weighted by atomic mass is 10.1. The van der Waals surface area contributed by atoms with Crippen LogP contribution in [0, 0.1) is 0 Å². The molecule has 0 aliphatic heterocycles. The third-order valence-corrected chi connectivity index (χ3v) is 3.48. The second kappa shape index (κ2) is 4.05. The number of aromatic nitrogens is 1. The van der Waals surface area contributed by atoms with Gasteiger partial charge in [0.2, 0.25) is 0 Å². The number of nitrogens with one attached hydrogen (secondary N) is 2. The van der Waals surface area contributed by atoms with Crippen molar-refractivity contribution in [1.82, 2.24) is 10.3 Å². The highest BCUT2D eigenvalue weighted by atomic mass is 35.5. The first kappa shape index (κ1) is 10.8. The van der Waals surface area contributed by atoms with Gasteiger partial charge in [0, 0.05) is 17.6 Å². The van der Waals surface area contributed by atoms with Gasteiger partial charge in [-0.05, 0) is 25.6 Å². The van der Waals surface area contributed by atoms with Crippen LogP contribution in [0.2, 0.25) is 10.0 Å². The molecule has 1 aromatic heterocycles. The van der Waals surface area contributed by atoms with Gasteiger partial charge in [-0.15, -0.1) is 0 Å². The predicted molar refractivity (Wildman–Crippen MR) is 65.8 cm³/mol. The molecule has 4 heteroatoms. The van der Waals surface area contributed by atoms with Crippen molar-refractivity contribution in [2.24, 2.45) is 0 Å². The van der Waals surface area contributed by atoms with Gasteiger partial charge in [0.05, 0.1) is 15.6 Å². The fourth-order valence-electron chi connectivity index (χ4n) is 1.67. The minimum absolute atomic E-state index is 0.288. The molecule has 15 heavy (non-hydrogen) atoms. The lowest BCUT2D eigenvalue weighted by molar-refractivity contribution is 0.657. The Labute approximate surface area is 98.6 Å². The maximum absolute atomic E-state index is 6.10. The Kier molecular flexibility index (Phi) is 2.91. The number of benzene rings is 1. The molecule has 1 aromatic carbocycles. The number of hydrogen-bond donors (Lipinski definition) is 2. The molecular formula is C11H12Cl2N2. The Morgan fingerprint density at radius 2 is 2.07 bits per heavy atom. The van der Waals surface area contributed by atoms with Gasteiger partial charge in [0.1, 0.15) is 0 Å². The molecule has 0 saturated carbocycles. The van der Waals surface area contributed by atoms with Gasteiger partial charge >= 0.3 is 0 Å². The fraction of sp³-hybridized carbons (Fsp3) is 0.273. The van der Waals surface area contributed by atoms with Gasteiger partial charge in [0.25, 0.3) is 0 Å². The average molecular weight is 243 g/mol. The first-order chi connectivity index (χ1) is 7.15. The normalized spacial score (nSPS) is 13.3. The third-order valence-electron chi connectivity index (χ3n) is 2.68. The SMILES string of the molecule is CNC(C)c1c[nH]c2c(Cl)c(Cl)ccc12. The fourth-order valence-corrected chi connectivity index (χ4v) is 2.05. The minimum Gasteiger partial charge on any atom is -0.360 e. The molecule has 1 heterocycles. The van der Waals surface area contributed by atoms with E-state index in [1.54, 1.807) is 0 Å². The van der Waals surface area contributed by atoms with Gasteiger partial charge in [-0.25, -0.2) is 0 Å². The maximum atomic E-state index is 6.10. The highest BCUT2D eigenvalue weighted by Crippen LogP contribution is 2.33. The maximum Gasteiger partial charge on any atom is 0.0833 e. The summed E-state index contributed by atoms with van der Waals surface area (Å²) in [5.74, 6) is 0. The highest BCUT2D eigenvalue weighted by Gasteiger charge is 2.12. The van der Waals surface area contributed by atoms with Gasteiger partial charge in [-0.3, -0.25) is 0 Å². The van der Waals surface area contributed by atoms with Gasteiger partial charge < -0.3 is 10.3 Å². The average Bonchev–Trinajstić information content (AvgIpc) is 2.66. The van der Waals surface area contributed by atoms with E-state index < -0.39 is 0 Å². The van der Waals surface area contributed by atoms with Crippen molar-refractivity contribution in [3.8, 4) is 0 Å². The molecule has 2 N–H and O–H groups in total. The van der Waals surface area contributed by atoms with E-state index in [9.17, 15) is 0 Å². The van der Waals surface area contributed by atoms with E-state index in [2.05, 4.69) is 17.2 Å². The van der Waals surface area contributed by atoms with E-state index >= 15 is 0 Å². The molecule has 0 saturated heterocycles. The van der Waals surface area contributed by atoms with Crippen molar-refractivity contribution in [2.45, 2.75) is 13.0 Å². The molecule has 1 atom stereocenters. The molecule has 2 aromatic rings. The molecular weight excluding hydrogens is 231 g/mol. The highest BCUT2D eigenvalue weighted by molar-refractivity contribution is 6.45. The van der Waals surface area contributed by atoms with Gasteiger partial charge in [-0.2, -0.15) is 0 Å². The number of aromatic amines is 1. The van der Waals surface area contributed by atoms with E-state index in [1.165, 1.54) is 5.56 Å². The zero-order chi connectivity index (χ0) is 11.0. The molecule has 0 aliphatic carbocycles. The van der Waals surface area contributed by atoms with Crippen LogP contribution >= 0.6 is 23.2 Å². The second-order valence-corrected chi connectivity index (χ2v) is 4.32. The van der Waals surface area contributed by atoms with Crippen molar-refractivity contribution in [3.63, 3.8) is 0 Å². The number of H-pyrrole nitrogens is 1. The van der Waals surface area contributed by atoms with Crippen LogP contribution in [0.25, 0.3) is 10.9 Å². The van der Waals surface area contributed by atoms with Crippen molar-refractivity contribution in [2.75, 3.05) is 7.05 Å². The van der Waals surface area contributed by atoms with Crippen LogP contribution < -0.4 is 5.32 Å². The zero-order valence-corrected chi connectivity index (χ0v) is 10.1. The van der Waals surface area contributed by atoms with Crippen LogP contribution in [-0.2, 0) is 0 Å². The van der Waals surface area contributed by atoms with Crippen LogP contribution in [-0.4, -0.2) is 12.0 Å². The molecule has 1 unspecified atom stereocenters. The molecule has 2 rings (SSSR count).